The predicted octanol–water partition coefficient (Wildman–Crippen LogP) is 5.70. The first-order chi connectivity index (χ1) is 19.7. The Labute approximate surface area is 244 Å². The number of halogens is 5. The molecule has 2 aromatic heterocycles. The molecule has 0 aliphatic carbocycles. The Morgan fingerprint density at radius 1 is 1.10 bits per heavy atom. The second kappa shape index (κ2) is 13.4. The van der Waals surface area contributed by atoms with E-state index in [2.05, 4.69) is 31.0 Å². The molecular weight excluding hydrogens is 578 g/mol. The Morgan fingerprint density at radius 2 is 1.79 bits per heavy atom. The first kappa shape index (κ1) is 32.0. The Bertz CT molecular complexity index is 1590. The van der Waals surface area contributed by atoms with Gasteiger partial charge in [-0.3, -0.25) is 14.6 Å². The summed E-state index contributed by atoms with van der Waals surface area (Å²) in [5, 5.41) is 11.5. The summed E-state index contributed by atoms with van der Waals surface area (Å²) >= 11 is 5.89. The van der Waals surface area contributed by atoms with E-state index in [1.54, 1.807) is 26.8 Å². The maximum Gasteiger partial charge on any atom is 0.435 e. The molecule has 1 aromatic carbocycles. The van der Waals surface area contributed by atoms with Crippen LogP contribution in [0.3, 0.4) is 0 Å². The van der Waals surface area contributed by atoms with Gasteiger partial charge in [-0.05, 0) is 58.0 Å². The first-order valence-electron chi connectivity index (χ1n) is 12.4. The van der Waals surface area contributed by atoms with Crippen LogP contribution in [0.5, 0.6) is 0 Å². The fourth-order valence-electron chi connectivity index (χ4n) is 3.65. The summed E-state index contributed by atoms with van der Waals surface area (Å²) in [7, 11) is 1.43. The minimum atomic E-state index is -4.72. The molecule has 3 N–H and O–H groups in total. The smallest absolute Gasteiger partial charge is 0.358 e. The van der Waals surface area contributed by atoms with Crippen LogP contribution < -0.4 is 16.0 Å². The zero-order valence-electron chi connectivity index (χ0n) is 23.3. The molecule has 2 heterocycles. The van der Waals surface area contributed by atoms with Gasteiger partial charge in [0, 0.05) is 42.0 Å². The van der Waals surface area contributed by atoms with Gasteiger partial charge >= 0.3 is 6.18 Å². The first-order valence-corrected chi connectivity index (χ1v) is 12.8. The number of benzene rings is 1. The molecule has 0 unspecified atom stereocenters. The summed E-state index contributed by atoms with van der Waals surface area (Å²) in [5.41, 5.74) is 0.874. The lowest BCUT2D eigenvalue weighted by Crippen LogP contribution is -2.35. The Balaban J connectivity index is 2.24. The summed E-state index contributed by atoms with van der Waals surface area (Å²) in [6.45, 7) is 6.29. The van der Waals surface area contributed by atoms with E-state index < -0.39 is 29.5 Å². The van der Waals surface area contributed by atoms with Gasteiger partial charge in [0.2, 0.25) is 5.91 Å². The summed E-state index contributed by atoms with van der Waals surface area (Å²) in [5.74, 6) is -1.43. The van der Waals surface area contributed by atoms with Gasteiger partial charge < -0.3 is 16.0 Å². The van der Waals surface area contributed by atoms with Crippen LogP contribution >= 0.6 is 11.6 Å². The van der Waals surface area contributed by atoms with Gasteiger partial charge in [0.15, 0.2) is 11.5 Å². The molecule has 14 heteroatoms. The number of aryl methyl sites for hydroxylation is 1. The number of nitrogens with one attached hydrogen (secondary N) is 3. The maximum atomic E-state index is 13.7. The minimum absolute atomic E-state index is 0.0212. The van der Waals surface area contributed by atoms with E-state index in [1.807, 2.05) is 0 Å². The number of amides is 2. The maximum absolute atomic E-state index is 13.7. The van der Waals surface area contributed by atoms with Crippen LogP contribution in [-0.4, -0.2) is 46.0 Å². The number of rotatable bonds is 8. The number of carbonyl (C=O) groups excluding carboxylic acids is 2. The second-order valence-electron chi connectivity index (χ2n) is 9.31. The van der Waals surface area contributed by atoms with Gasteiger partial charge in [0.1, 0.15) is 11.7 Å². The lowest BCUT2D eigenvalue weighted by atomic mass is 10.0. The predicted molar refractivity (Wildman–Crippen MR) is 153 cm³/mol. The number of carbonyl (C=O) groups is 2. The largest absolute Gasteiger partial charge is 0.435 e. The molecule has 0 radical (unpaired) electrons. The van der Waals surface area contributed by atoms with Crippen molar-refractivity contribution in [2.75, 3.05) is 18.9 Å². The topological polar surface area (TPSA) is 113 Å². The van der Waals surface area contributed by atoms with E-state index in [0.29, 0.717) is 16.8 Å². The molecule has 0 fully saturated rings. The highest BCUT2D eigenvalue weighted by atomic mass is 35.5. The van der Waals surface area contributed by atoms with Gasteiger partial charge in [-0.1, -0.05) is 23.3 Å². The highest BCUT2D eigenvalue weighted by molar-refractivity contribution is 6.31. The molecule has 0 spiro atoms. The molecule has 0 saturated heterocycles. The van der Waals surface area contributed by atoms with E-state index in [1.165, 1.54) is 44.6 Å². The third-order valence-corrected chi connectivity index (χ3v) is 5.86. The zero-order valence-corrected chi connectivity index (χ0v) is 24.1. The molecule has 2 amide bonds. The molecule has 3 rings (SSSR count). The number of alkyl halides is 3. The molecule has 0 atom stereocenters. The molecule has 9 nitrogen and oxygen atoms in total. The van der Waals surface area contributed by atoms with Gasteiger partial charge in [0.05, 0.1) is 17.1 Å². The zero-order chi connectivity index (χ0) is 31.2. The van der Waals surface area contributed by atoms with Gasteiger partial charge in [0.25, 0.3) is 5.91 Å². The number of pyridine rings is 1. The van der Waals surface area contributed by atoms with Crippen LogP contribution in [0.1, 0.15) is 48.1 Å². The lowest BCUT2D eigenvalue weighted by molar-refractivity contribution is -0.141. The number of amidine groups is 1. The fraction of sp³-hybridized carbons (Fsp3) is 0.250. The standard InChI is InChI=1S/C28H28ClF4N7O2/c1-15(2)8-21(18-10-19(13-35-12-18)27(42)36-14-25(41)34-5)26(40-16(3)9-24(39-40)28(31,32)33)38-17(4)37-20-6-7-23(30)22(29)11-20/h6-13H,14H2,1-5H3,(H,34,41)(H,36,42)(H,37,38)/b26-21-. The van der Waals surface area contributed by atoms with Crippen molar-refractivity contribution in [2.45, 2.75) is 33.9 Å². The number of nitrogens with zero attached hydrogens (tertiary/aromatic N) is 4. The van der Waals surface area contributed by atoms with Crippen molar-refractivity contribution in [3.05, 3.63) is 87.7 Å². The molecule has 3 aromatic rings. The SMILES string of the molecule is CNC(=O)CNC(=O)c1cncc(/C(C=C(C)C)=C(/N=C(\C)Nc2ccc(F)c(Cl)c2)n2nc(C(F)(F)F)cc2C)c1. The van der Waals surface area contributed by atoms with E-state index >= 15 is 0 Å². The van der Waals surface area contributed by atoms with E-state index in [0.717, 1.165) is 22.4 Å². The van der Waals surface area contributed by atoms with Gasteiger partial charge in [-0.15, -0.1) is 0 Å². The van der Waals surface area contributed by atoms with Crippen LogP contribution in [0, 0.1) is 12.7 Å². The highest BCUT2D eigenvalue weighted by Crippen LogP contribution is 2.32. The van der Waals surface area contributed by atoms with Crippen molar-refractivity contribution >= 4 is 46.3 Å². The summed E-state index contributed by atoms with van der Waals surface area (Å²) < 4.78 is 55.6. The normalized spacial score (nSPS) is 12.4. The fourth-order valence-corrected chi connectivity index (χ4v) is 3.83. The van der Waals surface area contributed by atoms with Crippen molar-refractivity contribution in [2.24, 2.45) is 4.99 Å². The molecule has 0 aliphatic heterocycles. The van der Waals surface area contributed by atoms with Crippen LogP contribution in [0.2, 0.25) is 5.02 Å². The van der Waals surface area contributed by atoms with Crippen molar-refractivity contribution in [3.8, 4) is 0 Å². The third kappa shape index (κ3) is 8.26. The molecule has 0 saturated carbocycles. The molecule has 222 valence electrons. The van der Waals surface area contributed by atoms with Crippen LogP contribution in [-0.2, 0) is 11.0 Å². The van der Waals surface area contributed by atoms with E-state index in [9.17, 15) is 27.2 Å². The second-order valence-corrected chi connectivity index (χ2v) is 9.72. The van der Waals surface area contributed by atoms with Crippen LogP contribution in [0.15, 0.2) is 59.4 Å². The minimum Gasteiger partial charge on any atom is -0.358 e. The monoisotopic (exact) mass is 605 g/mol. The molecule has 0 bridgehead atoms. The average molecular weight is 606 g/mol. The van der Waals surface area contributed by atoms with Crippen LogP contribution in [0.25, 0.3) is 11.4 Å². The lowest BCUT2D eigenvalue weighted by Gasteiger charge is -2.15. The van der Waals surface area contributed by atoms with Crippen molar-refractivity contribution in [1.82, 2.24) is 25.4 Å². The Hall–Kier alpha value is -4.52. The third-order valence-electron chi connectivity index (χ3n) is 5.57. The molecule has 42 heavy (non-hydrogen) atoms. The quantitative estimate of drug-likeness (QED) is 0.132. The number of allylic oxidation sites excluding steroid dienone is 3. The van der Waals surface area contributed by atoms with E-state index in [-0.39, 0.29) is 34.5 Å². The number of hydrogen-bond donors (Lipinski definition) is 3. The highest BCUT2D eigenvalue weighted by Gasteiger charge is 2.35. The van der Waals surface area contributed by atoms with Crippen molar-refractivity contribution in [3.63, 3.8) is 0 Å². The van der Waals surface area contributed by atoms with E-state index in [4.69, 9.17) is 11.6 Å². The van der Waals surface area contributed by atoms with Crippen LogP contribution in [0.4, 0.5) is 23.2 Å². The van der Waals surface area contributed by atoms with Gasteiger partial charge in [-0.25, -0.2) is 14.1 Å². The average Bonchev–Trinajstić information content (AvgIpc) is 3.33. The Kier molecular flexibility index (Phi) is 10.2. The summed E-state index contributed by atoms with van der Waals surface area (Å²) in [4.78, 5) is 33.0. The van der Waals surface area contributed by atoms with Gasteiger partial charge in [-0.2, -0.15) is 18.3 Å². The molecule has 0 aliphatic rings. The number of hydrogen-bond acceptors (Lipinski definition) is 5. The summed E-state index contributed by atoms with van der Waals surface area (Å²) in [6.07, 6.45) is -0.341. The van der Waals surface area contributed by atoms with Crippen molar-refractivity contribution in [1.29, 1.82) is 0 Å². The summed E-state index contributed by atoms with van der Waals surface area (Å²) in [6, 6.07) is 6.28. The number of aromatic nitrogens is 3. The number of anilines is 1. The Morgan fingerprint density at radius 3 is 2.38 bits per heavy atom. The number of aliphatic imine (C=N–C) groups is 1. The molecular formula is C28H28ClF4N7O2. The van der Waals surface area contributed by atoms with Crippen molar-refractivity contribution < 1.29 is 27.2 Å². The number of likely N-dealkylation sites (N-methyl/N-ethyl adjacent to an activating group) is 1.